The Morgan fingerprint density at radius 1 is 0.828 bits per heavy atom. The molecular weight excluding hydrogens is 755 g/mol. The van der Waals surface area contributed by atoms with Crippen molar-refractivity contribution in [3.8, 4) is 22.6 Å². The van der Waals surface area contributed by atoms with Crippen LogP contribution in [-0.2, 0) is 37.0 Å². The molecule has 2 N–H and O–H groups in total. The van der Waals surface area contributed by atoms with Gasteiger partial charge in [0.15, 0.2) is 12.1 Å². The van der Waals surface area contributed by atoms with Crippen LogP contribution in [0.2, 0.25) is 0 Å². The Hall–Kier alpha value is -6.05. The molecule has 6 aromatic rings. The number of aliphatic hydroxyl groups is 1. The van der Waals surface area contributed by atoms with Gasteiger partial charge < -0.3 is 29.1 Å². The molecule has 8 rings (SSSR count). The van der Waals surface area contributed by atoms with Crippen molar-refractivity contribution < 1.29 is 38.1 Å². The summed E-state index contributed by atoms with van der Waals surface area (Å²) in [5.74, 6) is 0.0101. The predicted octanol–water partition coefficient (Wildman–Crippen LogP) is 8.64. The molecule has 5 aromatic carbocycles. The number of nitrogens with one attached hydrogen (secondary N) is 1. The molecule has 1 aromatic heterocycles. The number of amides is 3. The summed E-state index contributed by atoms with van der Waals surface area (Å²) >= 11 is 1.45. The van der Waals surface area contributed by atoms with E-state index in [1.807, 2.05) is 121 Å². The van der Waals surface area contributed by atoms with Crippen LogP contribution in [0.4, 0.5) is 10.5 Å². The van der Waals surface area contributed by atoms with Crippen molar-refractivity contribution >= 4 is 35.4 Å². The molecule has 2 aliphatic rings. The lowest BCUT2D eigenvalue weighted by Gasteiger charge is -2.41. The molecule has 3 heterocycles. The number of hydrogen-bond donors (Lipinski definition) is 2. The first-order chi connectivity index (χ1) is 28.3. The molecule has 2 fully saturated rings. The van der Waals surface area contributed by atoms with Crippen LogP contribution in [0.1, 0.15) is 48.0 Å². The molecule has 58 heavy (non-hydrogen) atoms. The first kappa shape index (κ1) is 38.8. The summed E-state index contributed by atoms with van der Waals surface area (Å²) in [5.41, 5.74) is 6.03. The average Bonchev–Trinajstić information content (AvgIpc) is 3.82. The fourth-order valence-electron chi connectivity index (χ4n) is 7.14. The van der Waals surface area contributed by atoms with Crippen LogP contribution in [-0.4, -0.2) is 45.9 Å². The summed E-state index contributed by atoms with van der Waals surface area (Å²) in [6, 6.07) is 42.5. The standard InChI is InChI=1S/C46H41N3O8S/c1-29-38(28-58-46-48-40(32-14-7-3-8-15-32)42(57-46)33-16-9-4-10-17-33)55-44(56-41(29)34-22-20-30(26-50)21-23-34)35-18-11-19-36(24-35)49-39(51)25-37(43(49)52)47-45(53)54-27-31-12-5-2-6-13-31/h2-24,29,37-38,41,44,50H,25-28H2,1H3,(H,47,53)/t29-,37?,38+,41+,44+/m0/s1. The molecule has 0 bridgehead atoms. The van der Waals surface area contributed by atoms with Gasteiger partial charge in [0.2, 0.25) is 5.91 Å². The third kappa shape index (κ3) is 8.60. The number of oxazole rings is 1. The summed E-state index contributed by atoms with van der Waals surface area (Å²) in [6.45, 7) is 2.02. The molecule has 11 nitrogen and oxygen atoms in total. The predicted molar refractivity (Wildman–Crippen MR) is 218 cm³/mol. The van der Waals surface area contributed by atoms with Gasteiger partial charge >= 0.3 is 6.09 Å². The number of anilines is 1. The maximum Gasteiger partial charge on any atom is 0.408 e. The minimum absolute atomic E-state index is 0.0286. The van der Waals surface area contributed by atoms with Crippen molar-refractivity contribution in [1.29, 1.82) is 0 Å². The number of nitrogens with zero attached hydrogens (tertiary/aromatic N) is 2. The second-order valence-electron chi connectivity index (χ2n) is 14.1. The fraction of sp³-hybridized carbons (Fsp3) is 0.217. The second-order valence-corrected chi connectivity index (χ2v) is 15.1. The Kier molecular flexibility index (Phi) is 11.8. The zero-order valence-electron chi connectivity index (χ0n) is 31.6. The van der Waals surface area contributed by atoms with Crippen LogP contribution in [0.15, 0.2) is 149 Å². The van der Waals surface area contributed by atoms with Gasteiger partial charge in [-0.25, -0.2) is 14.7 Å². The van der Waals surface area contributed by atoms with Crippen molar-refractivity contribution in [3.63, 3.8) is 0 Å². The van der Waals surface area contributed by atoms with Gasteiger partial charge in [-0.15, -0.1) is 0 Å². The van der Waals surface area contributed by atoms with E-state index in [4.69, 9.17) is 23.6 Å². The lowest BCUT2D eigenvalue weighted by molar-refractivity contribution is -0.268. The zero-order valence-corrected chi connectivity index (χ0v) is 32.4. The number of carbonyl (C=O) groups is 3. The quantitative estimate of drug-likeness (QED) is 0.0914. The number of aromatic nitrogens is 1. The van der Waals surface area contributed by atoms with Gasteiger partial charge in [0, 0.05) is 28.4 Å². The first-order valence-corrected chi connectivity index (χ1v) is 20.0. The number of rotatable bonds is 12. The van der Waals surface area contributed by atoms with Gasteiger partial charge in [-0.05, 0) is 28.8 Å². The molecule has 0 radical (unpaired) electrons. The molecule has 0 aliphatic carbocycles. The van der Waals surface area contributed by atoms with Crippen molar-refractivity contribution in [2.75, 3.05) is 10.7 Å². The van der Waals surface area contributed by atoms with E-state index in [0.29, 0.717) is 28.0 Å². The molecule has 3 amide bonds. The number of benzene rings is 5. The molecule has 0 saturated carbocycles. The number of thioether (sulfide) groups is 1. The monoisotopic (exact) mass is 795 g/mol. The van der Waals surface area contributed by atoms with Crippen LogP contribution in [0, 0.1) is 5.92 Å². The molecule has 294 valence electrons. The normalized spacial score (nSPS) is 20.6. The Morgan fingerprint density at radius 2 is 1.52 bits per heavy atom. The maximum absolute atomic E-state index is 13.6. The van der Waals surface area contributed by atoms with Gasteiger partial charge in [-0.1, -0.05) is 146 Å². The van der Waals surface area contributed by atoms with Gasteiger partial charge in [-0.2, -0.15) is 0 Å². The van der Waals surface area contributed by atoms with Gasteiger partial charge in [0.05, 0.1) is 30.9 Å². The van der Waals surface area contributed by atoms with E-state index in [0.717, 1.165) is 38.4 Å². The number of ether oxygens (including phenoxy) is 3. The molecule has 5 atom stereocenters. The van der Waals surface area contributed by atoms with Gasteiger partial charge in [-0.3, -0.25) is 9.59 Å². The van der Waals surface area contributed by atoms with E-state index >= 15 is 0 Å². The molecular formula is C46H41N3O8S. The summed E-state index contributed by atoms with van der Waals surface area (Å²) in [7, 11) is 0. The Morgan fingerprint density at radius 3 is 2.22 bits per heavy atom. The summed E-state index contributed by atoms with van der Waals surface area (Å²) in [6.07, 6.45) is -2.63. The average molecular weight is 796 g/mol. The maximum atomic E-state index is 13.6. The largest absolute Gasteiger partial charge is 0.445 e. The smallest absolute Gasteiger partial charge is 0.408 e. The molecule has 1 unspecified atom stereocenters. The lowest BCUT2D eigenvalue weighted by Crippen LogP contribution is -2.42. The van der Waals surface area contributed by atoms with Crippen molar-refractivity contribution in [1.82, 2.24) is 10.3 Å². The van der Waals surface area contributed by atoms with E-state index in [-0.39, 0.29) is 31.7 Å². The minimum atomic E-state index is -1.07. The van der Waals surface area contributed by atoms with E-state index in [2.05, 4.69) is 12.2 Å². The van der Waals surface area contributed by atoms with Crippen LogP contribution >= 0.6 is 11.8 Å². The van der Waals surface area contributed by atoms with Crippen LogP contribution in [0.5, 0.6) is 0 Å². The fourth-order valence-corrected chi connectivity index (χ4v) is 8.12. The minimum Gasteiger partial charge on any atom is -0.445 e. The van der Waals surface area contributed by atoms with Crippen LogP contribution in [0.25, 0.3) is 22.6 Å². The third-order valence-corrected chi connectivity index (χ3v) is 11.2. The van der Waals surface area contributed by atoms with Crippen LogP contribution < -0.4 is 10.2 Å². The van der Waals surface area contributed by atoms with Crippen molar-refractivity contribution in [3.05, 3.63) is 162 Å². The van der Waals surface area contributed by atoms with E-state index in [1.165, 1.54) is 11.8 Å². The topological polar surface area (TPSA) is 140 Å². The number of hydrogen-bond acceptors (Lipinski definition) is 10. The van der Waals surface area contributed by atoms with Gasteiger partial charge in [0.1, 0.15) is 18.3 Å². The third-order valence-electron chi connectivity index (χ3n) is 10.2. The van der Waals surface area contributed by atoms with E-state index < -0.39 is 36.3 Å². The van der Waals surface area contributed by atoms with E-state index in [1.54, 1.807) is 18.2 Å². The van der Waals surface area contributed by atoms with Crippen molar-refractivity contribution in [2.45, 2.75) is 56.3 Å². The van der Waals surface area contributed by atoms with Crippen LogP contribution in [0.3, 0.4) is 0 Å². The Labute approximate surface area is 340 Å². The molecule has 0 spiro atoms. The van der Waals surface area contributed by atoms with Crippen molar-refractivity contribution in [2.24, 2.45) is 5.92 Å². The highest BCUT2D eigenvalue weighted by Crippen LogP contribution is 2.44. The highest BCUT2D eigenvalue weighted by molar-refractivity contribution is 7.99. The zero-order chi connectivity index (χ0) is 40.0. The number of alkyl carbamates (subject to hydrolysis) is 1. The van der Waals surface area contributed by atoms with E-state index in [9.17, 15) is 19.5 Å². The second kappa shape index (κ2) is 17.6. The first-order valence-electron chi connectivity index (χ1n) is 19.0. The summed E-state index contributed by atoms with van der Waals surface area (Å²) in [5, 5.41) is 12.7. The molecule has 2 aliphatic heterocycles. The number of aliphatic hydroxyl groups excluding tert-OH is 1. The highest BCUT2D eigenvalue weighted by atomic mass is 32.2. The number of imide groups is 1. The van der Waals surface area contributed by atoms with Gasteiger partial charge in [0.25, 0.3) is 11.1 Å². The summed E-state index contributed by atoms with van der Waals surface area (Å²) < 4.78 is 25.1. The molecule has 2 saturated heterocycles. The lowest BCUT2D eigenvalue weighted by atomic mass is 9.91. The summed E-state index contributed by atoms with van der Waals surface area (Å²) in [4.78, 5) is 45.4. The SMILES string of the molecule is C[C@H]1[C@@H](CSc2nc(-c3ccccc3)c(-c3ccccc3)o2)O[C@@H](c2cccc(N3C(=O)CC(NC(=O)OCc4ccccc4)C3=O)c2)O[C@H]1c1ccc(CO)cc1. The highest BCUT2D eigenvalue weighted by Gasteiger charge is 2.42. The Balaban J connectivity index is 1.02. The molecule has 12 heteroatoms. The Bertz CT molecular complexity index is 2300. The number of carbonyl (C=O) groups excluding carboxylic acids is 3.